The summed E-state index contributed by atoms with van der Waals surface area (Å²) < 4.78 is 8.45. The first-order chi connectivity index (χ1) is 10.8. The molecule has 4 aromatic rings. The SMILES string of the molecule is Brc1ccc(-c2nnc(Cn3nnc4ccccc43)o2)cc1. The average Bonchev–Trinajstić information content (AvgIpc) is 3.16. The van der Waals surface area contributed by atoms with Gasteiger partial charge in [-0.1, -0.05) is 33.3 Å². The van der Waals surface area contributed by atoms with Crippen LogP contribution >= 0.6 is 15.9 Å². The van der Waals surface area contributed by atoms with Crippen LogP contribution in [0.1, 0.15) is 5.89 Å². The van der Waals surface area contributed by atoms with Crippen molar-refractivity contribution in [1.29, 1.82) is 0 Å². The quantitative estimate of drug-likeness (QED) is 0.563. The summed E-state index contributed by atoms with van der Waals surface area (Å²) in [4.78, 5) is 0. The van der Waals surface area contributed by atoms with E-state index in [4.69, 9.17) is 4.42 Å². The van der Waals surface area contributed by atoms with Gasteiger partial charge in [0.2, 0.25) is 11.8 Å². The maximum absolute atomic E-state index is 5.71. The Labute approximate surface area is 133 Å². The van der Waals surface area contributed by atoms with Gasteiger partial charge in [-0.2, -0.15) is 0 Å². The lowest BCUT2D eigenvalue weighted by Gasteiger charge is -1.97. The van der Waals surface area contributed by atoms with Crippen LogP contribution in [0.2, 0.25) is 0 Å². The van der Waals surface area contributed by atoms with E-state index in [-0.39, 0.29) is 0 Å². The molecule has 2 aromatic heterocycles. The molecule has 0 bridgehead atoms. The van der Waals surface area contributed by atoms with Gasteiger partial charge in [0.15, 0.2) is 0 Å². The maximum Gasteiger partial charge on any atom is 0.247 e. The van der Waals surface area contributed by atoms with E-state index in [1.54, 1.807) is 4.68 Å². The second kappa shape index (κ2) is 5.34. The lowest BCUT2D eigenvalue weighted by Crippen LogP contribution is -2.02. The van der Waals surface area contributed by atoms with Crippen LogP contribution in [0.4, 0.5) is 0 Å². The van der Waals surface area contributed by atoms with Gasteiger partial charge in [0.05, 0.1) is 5.52 Å². The molecule has 0 N–H and O–H groups in total. The zero-order chi connectivity index (χ0) is 14.9. The zero-order valence-electron chi connectivity index (χ0n) is 11.3. The largest absolute Gasteiger partial charge is 0.419 e. The van der Waals surface area contributed by atoms with Gasteiger partial charge in [-0.05, 0) is 36.4 Å². The molecule has 0 radical (unpaired) electrons. The number of hydrogen-bond donors (Lipinski definition) is 0. The van der Waals surface area contributed by atoms with Crippen LogP contribution in [0.3, 0.4) is 0 Å². The van der Waals surface area contributed by atoms with E-state index in [0.29, 0.717) is 18.3 Å². The molecule has 0 aliphatic heterocycles. The Morgan fingerprint density at radius 2 is 1.77 bits per heavy atom. The summed E-state index contributed by atoms with van der Waals surface area (Å²) in [6.07, 6.45) is 0. The Bertz CT molecular complexity index is 928. The van der Waals surface area contributed by atoms with E-state index in [2.05, 4.69) is 36.4 Å². The summed E-state index contributed by atoms with van der Waals surface area (Å²) in [5, 5.41) is 16.4. The van der Waals surface area contributed by atoms with Crippen molar-refractivity contribution in [1.82, 2.24) is 25.2 Å². The molecule has 2 heterocycles. The summed E-state index contributed by atoms with van der Waals surface area (Å²) in [5.41, 5.74) is 2.66. The molecule has 0 unspecified atom stereocenters. The van der Waals surface area contributed by atoms with Crippen LogP contribution in [0.25, 0.3) is 22.5 Å². The molecule has 0 saturated carbocycles. The Kier molecular flexibility index (Phi) is 3.19. The van der Waals surface area contributed by atoms with E-state index in [1.165, 1.54) is 0 Å². The standard InChI is InChI=1S/C15H10BrN5O/c16-11-7-5-10(6-8-11)15-19-18-14(22-15)9-21-13-4-2-1-3-12(13)17-20-21/h1-8H,9H2. The van der Waals surface area contributed by atoms with Crippen molar-refractivity contribution >= 4 is 27.0 Å². The number of nitrogens with zero attached hydrogens (tertiary/aromatic N) is 5. The number of benzene rings is 2. The first kappa shape index (κ1) is 13.1. The summed E-state index contributed by atoms with van der Waals surface area (Å²) in [6, 6.07) is 15.5. The van der Waals surface area contributed by atoms with Crippen molar-refractivity contribution in [2.45, 2.75) is 6.54 Å². The molecule has 0 aliphatic rings. The molecule has 4 rings (SSSR count). The average molecular weight is 356 g/mol. The lowest BCUT2D eigenvalue weighted by atomic mass is 10.2. The molecular formula is C15H10BrN5O. The third-order valence-electron chi connectivity index (χ3n) is 3.26. The second-order valence-corrected chi connectivity index (χ2v) is 5.66. The minimum absolute atomic E-state index is 0.393. The van der Waals surface area contributed by atoms with E-state index in [1.807, 2.05) is 48.5 Å². The van der Waals surface area contributed by atoms with Gasteiger partial charge in [0, 0.05) is 10.0 Å². The minimum atomic E-state index is 0.393. The maximum atomic E-state index is 5.71. The highest BCUT2D eigenvalue weighted by Gasteiger charge is 2.11. The molecule has 22 heavy (non-hydrogen) atoms. The summed E-state index contributed by atoms with van der Waals surface area (Å²) in [5.74, 6) is 0.987. The Hall–Kier alpha value is -2.54. The third-order valence-corrected chi connectivity index (χ3v) is 3.79. The molecule has 2 aromatic carbocycles. The van der Waals surface area contributed by atoms with Gasteiger partial charge < -0.3 is 4.42 Å². The molecule has 7 heteroatoms. The fourth-order valence-corrected chi connectivity index (χ4v) is 2.45. The van der Waals surface area contributed by atoms with Crippen molar-refractivity contribution in [3.63, 3.8) is 0 Å². The fraction of sp³-hybridized carbons (Fsp3) is 0.0667. The van der Waals surface area contributed by atoms with Crippen LogP contribution in [0.15, 0.2) is 57.4 Å². The van der Waals surface area contributed by atoms with E-state index >= 15 is 0 Å². The van der Waals surface area contributed by atoms with Crippen molar-refractivity contribution in [2.24, 2.45) is 0 Å². The van der Waals surface area contributed by atoms with Gasteiger partial charge in [-0.3, -0.25) is 0 Å². The molecule has 0 atom stereocenters. The Balaban J connectivity index is 1.63. The molecular weight excluding hydrogens is 346 g/mol. The van der Waals surface area contributed by atoms with Crippen molar-refractivity contribution in [3.05, 3.63) is 58.9 Å². The number of fused-ring (bicyclic) bond motifs is 1. The van der Waals surface area contributed by atoms with Crippen molar-refractivity contribution in [2.75, 3.05) is 0 Å². The predicted octanol–water partition coefficient (Wildman–Crippen LogP) is 3.29. The normalized spacial score (nSPS) is 11.1. The van der Waals surface area contributed by atoms with E-state index < -0.39 is 0 Å². The second-order valence-electron chi connectivity index (χ2n) is 4.74. The number of para-hydroxylation sites is 1. The van der Waals surface area contributed by atoms with Crippen LogP contribution in [-0.2, 0) is 6.54 Å². The summed E-state index contributed by atoms with van der Waals surface area (Å²) >= 11 is 3.40. The van der Waals surface area contributed by atoms with Crippen LogP contribution in [0.5, 0.6) is 0 Å². The van der Waals surface area contributed by atoms with Crippen LogP contribution in [-0.4, -0.2) is 25.2 Å². The van der Waals surface area contributed by atoms with Gasteiger partial charge in [-0.25, -0.2) is 4.68 Å². The third kappa shape index (κ3) is 2.39. The highest BCUT2D eigenvalue weighted by Crippen LogP contribution is 2.21. The van der Waals surface area contributed by atoms with E-state index in [9.17, 15) is 0 Å². The highest BCUT2D eigenvalue weighted by atomic mass is 79.9. The molecule has 0 saturated heterocycles. The van der Waals surface area contributed by atoms with Gasteiger partial charge >= 0.3 is 0 Å². The first-order valence-corrected chi connectivity index (χ1v) is 7.45. The Morgan fingerprint density at radius 3 is 2.64 bits per heavy atom. The summed E-state index contributed by atoms with van der Waals surface area (Å²) in [6.45, 7) is 0.393. The monoisotopic (exact) mass is 355 g/mol. The molecule has 0 spiro atoms. The van der Waals surface area contributed by atoms with Gasteiger partial charge in [-0.15, -0.1) is 15.3 Å². The zero-order valence-corrected chi connectivity index (χ0v) is 12.9. The predicted molar refractivity (Wildman–Crippen MR) is 84.1 cm³/mol. The highest BCUT2D eigenvalue weighted by molar-refractivity contribution is 9.10. The topological polar surface area (TPSA) is 69.6 Å². The summed E-state index contributed by atoms with van der Waals surface area (Å²) in [7, 11) is 0. The number of rotatable bonds is 3. The molecule has 0 fully saturated rings. The first-order valence-electron chi connectivity index (χ1n) is 6.66. The number of halogens is 1. The molecule has 108 valence electrons. The Morgan fingerprint density at radius 1 is 0.955 bits per heavy atom. The van der Waals surface area contributed by atoms with Crippen molar-refractivity contribution in [3.8, 4) is 11.5 Å². The van der Waals surface area contributed by atoms with Gasteiger partial charge in [0.25, 0.3) is 0 Å². The minimum Gasteiger partial charge on any atom is -0.419 e. The van der Waals surface area contributed by atoms with Crippen LogP contribution in [0, 0.1) is 0 Å². The number of aromatic nitrogens is 5. The molecule has 0 aliphatic carbocycles. The smallest absolute Gasteiger partial charge is 0.247 e. The fourth-order valence-electron chi connectivity index (χ4n) is 2.19. The number of hydrogen-bond acceptors (Lipinski definition) is 5. The van der Waals surface area contributed by atoms with Gasteiger partial charge in [0.1, 0.15) is 12.1 Å². The van der Waals surface area contributed by atoms with E-state index in [0.717, 1.165) is 21.1 Å². The van der Waals surface area contributed by atoms with Crippen molar-refractivity contribution < 1.29 is 4.42 Å². The molecule has 6 nitrogen and oxygen atoms in total. The molecule has 0 amide bonds. The lowest BCUT2D eigenvalue weighted by molar-refractivity contribution is 0.474. The van der Waals surface area contributed by atoms with Crippen LogP contribution < -0.4 is 0 Å².